The molecule has 0 fully saturated rings. The van der Waals surface area contributed by atoms with Gasteiger partial charge in [0.25, 0.3) is 0 Å². The molecule has 0 aromatic heterocycles. The molecule has 0 saturated carbocycles. The van der Waals surface area contributed by atoms with Crippen LogP contribution < -0.4 is 16.6 Å². The molecule has 11 heavy (non-hydrogen) atoms. The molecule has 0 rings (SSSR count). The smallest absolute Gasteiger partial charge is 0.0437 e. The lowest BCUT2D eigenvalue weighted by atomic mass is 10.4. The highest BCUT2D eigenvalue weighted by Crippen LogP contribution is 1.79. The van der Waals surface area contributed by atoms with Crippen LogP contribution in [-0.4, -0.2) is 30.8 Å². The molecule has 4 N–H and O–H groups in total. The first-order valence-corrected chi connectivity index (χ1v) is 4.20. The number of nitrogens with one attached hydrogen (secondary N) is 2. The van der Waals surface area contributed by atoms with Crippen LogP contribution >= 0.6 is 0 Å². The van der Waals surface area contributed by atoms with E-state index in [0.29, 0.717) is 0 Å². The molecule has 0 aliphatic rings. The van der Waals surface area contributed by atoms with Crippen molar-refractivity contribution in [3.05, 3.63) is 0 Å². The predicted molar refractivity (Wildman–Crippen MR) is 47.7 cm³/mol. The van der Waals surface area contributed by atoms with E-state index in [1.165, 1.54) is 0 Å². The third-order valence-electron chi connectivity index (χ3n) is 1.17. The average molecular weight is 160 g/mol. The minimum atomic E-state index is 0.188. The van der Waals surface area contributed by atoms with Crippen molar-refractivity contribution in [3.63, 3.8) is 0 Å². The summed E-state index contributed by atoms with van der Waals surface area (Å²) >= 11 is 0. The highest BCUT2D eigenvalue weighted by molar-refractivity contribution is 4.56. The zero-order chi connectivity index (χ0) is 8.69. The van der Waals surface area contributed by atoms with E-state index < -0.39 is 0 Å². The number of nitrogens with two attached hydrogens (primary N) is 1. The van der Waals surface area contributed by atoms with Crippen molar-refractivity contribution in [2.24, 2.45) is 5.73 Å². The van der Waals surface area contributed by atoms with Gasteiger partial charge in [0.1, 0.15) is 0 Å². The summed E-state index contributed by atoms with van der Waals surface area (Å²) in [5.74, 6) is 0. The Morgan fingerprint density at radius 1 is 1.27 bits per heavy atom. The van der Waals surface area contributed by atoms with Gasteiger partial charge in [-0.2, -0.15) is 5.12 Å². The summed E-state index contributed by atoms with van der Waals surface area (Å²) in [6, 6.07) is 0.188. The summed E-state index contributed by atoms with van der Waals surface area (Å²) in [4.78, 5) is 0. The van der Waals surface area contributed by atoms with Crippen LogP contribution in [0.25, 0.3) is 0 Å². The van der Waals surface area contributed by atoms with Crippen LogP contribution in [0.1, 0.15) is 20.8 Å². The Labute approximate surface area is 69.1 Å². The van der Waals surface area contributed by atoms with Gasteiger partial charge in [-0.3, -0.25) is 0 Å². The predicted octanol–water partition coefficient (Wildman–Crippen LogP) is -0.315. The number of rotatable bonds is 6. The first kappa shape index (κ1) is 10.8. The van der Waals surface area contributed by atoms with Crippen molar-refractivity contribution < 1.29 is 0 Å². The minimum absolute atomic E-state index is 0.188. The van der Waals surface area contributed by atoms with E-state index in [1.807, 2.05) is 12.0 Å². The summed E-state index contributed by atoms with van der Waals surface area (Å²) in [7, 11) is 0. The zero-order valence-corrected chi connectivity index (χ0v) is 7.72. The Bertz CT molecular complexity index is 78.5. The van der Waals surface area contributed by atoms with Crippen molar-refractivity contribution >= 4 is 0 Å². The molecule has 4 nitrogen and oxygen atoms in total. The van der Waals surface area contributed by atoms with E-state index in [0.717, 1.165) is 19.6 Å². The van der Waals surface area contributed by atoms with Crippen molar-refractivity contribution in [2.75, 3.05) is 19.6 Å². The maximum absolute atomic E-state index is 5.63. The van der Waals surface area contributed by atoms with Crippen LogP contribution in [0.3, 0.4) is 0 Å². The fraction of sp³-hybridized carbons (Fsp3) is 1.00. The fourth-order valence-electron chi connectivity index (χ4n) is 0.855. The number of hydrazine groups is 2. The Morgan fingerprint density at radius 2 is 1.73 bits per heavy atom. The molecule has 68 valence electrons. The summed E-state index contributed by atoms with van der Waals surface area (Å²) in [5, 5.41) is 1.94. The molecule has 0 amide bonds. The Kier molecular flexibility index (Phi) is 6.45. The first-order valence-electron chi connectivity index (χ1n) is 4.20. The van der Waals surface area contributed by atoms with E-state index in [1.54, 1.807) is 0 Å². The highest BCUT2D eigenvalue weighted by Gasteiger charge is 2.02. The Morgan fingerprint density at radius 3 is 2.00 bits per heavy atom. The lowest BCUT2D eigenvalue weighted by molar-refractivity contribution is 0.114. The molecule has 1 unspecified atom stereocenters. The number of hydrogen-bond acceptors (Lipinski definition) is 4. The van der Waals surface area contributed by atoms with Crippen molar-refractivity contribution in [1.29, 1.82) is 0 Å². The summed E-state index contributed by atoms with van der Waals surface area (Å²) < 4.78 is 0. The van der Waals surface area contributed by atoms with Gasteiger partial charge in [-0.15, -0.1) is 0 Å². The van der Waals surface area contributed by atoms with E-state index in [2.05, 4.69) is 24.7 Å². The zero-order valence-electron chi connectivity index (χ0n) is 7.72. The number of hydrogen-bond donors (Lipinski definition) is 3. The fourth-order valence-corrected chi connectivity index (χ4v) is 0.855. The Balaban J connectivity index is 3.50. The van der Waals surface area contributed by atoms with Crippen LogP contribution in [0, 0.1) is 0 Å². The third kappa shape index (κ3) is 6.25. The average Bonchev–Trinajstić information content (AvgIpc) is 1.87. The molecule has 0 heterocycles. The van der Waals surface area contributed by atoms with Gasteiger partial charge in [0.05, 0.1) is 0 Å². The van der Waals surface area contributed by atoms with E-state index in [4.69, 9.17) is 5.73 Å². The van der Waals surface area contributed by atoms with Gasteiger partial charge >= 0.3 is 0 Å². The molecule has 0 aliphatic carbocycles. The van der Waals surface area contributed by atoms with Gasteiger partial charge < -0.3 is 5.73 Å². The summed E-state index contributed by atoms with van der Waals surface area (Å²) in [6.07, 6.45) is 0. The van der Waals surface area contributed by atoms with Gasteiger partial charge in [-0.05, 0) is 6.92 Å². The number of nitrogens with zero attached hydrogens (tertiary/aromatic N) is 1. The van der Waals surface area contributed by atoms with Crippen LogP contribution in [0.5, 0.6) is 0 Å². The van der Waals surface area contributed by atoms with E-state index in [-0.39, 0.29) is 6.04 Å². The Hall–Kier alpha value is -0.160. The lowest BCUT2D eigenvalue weighted by Gasteiger charge is -2.24. The van der Waals surface area contributed by atoms with Gasteiger partial charge in [-0.1, -0.05) is 13.8 Å². The highest BCUT2D eigenvalue weighted by atomic mass is 15.7. The van der Waals surface area contributed by atoms with Gasteiger partial charge in [0.2, 0.25) is 0 Å². The van der Waals surface area contributed by atoms with Crippen LogP contribution in [0.15, 0.2) is 0 Å². The van der Waals surface area contributed by atoms with Crippen molar-refractivity contribution in [1.82, 2.24) is 16.0 Å². The van der Waals surface area contributed by atoms with Gasteiger partial charge in [0, 0.05) is 25.7 Å². The molecule has 0 spiro atoms. The molecule has 0 aliphatic heterocycles. The normalized spacial score (nSPS) is 13.9. The second-order valence-corrected chi connectivity index (χ2v) is 2.61. The van der Waals surface area contributed by atoms with Crippen LogP contribution in [0.4, 0.5) is 0 Å². The molecule has 4 heteroatoms. The lowest BCUT2D eigenvalue weighted by Crippen LogP contribution is -2.52. The van der Waals surface area contributed by atoms with Crippen LogP contribution in [0.2, 0.25) is 0 Å². The summed E-state index contributed by atoms with van der Waals surface area (Å²) in [6.45, 7) is 8.76. The maximum Gasteiger partial charge on any atom is 0.0437 e. The maximum atomic E-state index is 5.63. The molecule has 1 atom stereocenters. The van der Waals surface area contributed by atoms with E-state index in [9.17, 15) is 0 Å². The monoisotopic (exact) mass is 160 g/mol. The summed E-state index contributed by atoms with van der Waals surface area (Å²) in [5.41, 5.74) is 11.9. The van der Waals surface area contributed by atoms with Crippen molar-refractivity contribution in [2.45, 2.75) is 26.8 Å². The minimum Gasteiger partial charge on any atom is -0.327 e. The molecule has 0 saturated heterocycles. The quantitative estimate of drug-likeness (QED) is 0.466. The second kappa shape index (κ2) is 6.54. The van der Waals surface area contributed by atoms with Gasteiger partial charge in [0.15, 0.2) is 0 Å². The van der Waals surface area contributed by atoms with Crippen molar-refractivity contribution in [3.8, 4) is 0 Å². The van der Waals surface area contributed by atoms with Crippen LogP contribution in [-0.2, 0) is 0 Å². The molecule has 0 radical (unpaired) electrons. The van der Waals surface area contributed by atoms with Gasteiger partial charge in [-0.25, -0.2) is 10.9 Å². The standard InChI is InChI=1S/C7H20N4/c1-4-9-11(10-5-2)6-7(3)8/h7,9-10H,4-6,8H2,1-3H3. The van der Waals surface area contributed by atoms with E-state index >= 15 is 0 Å². The molecule has 0 bridgehead atoms. The molecular formula is C7H20N4. The SMILES string of the molecule is CCNN(CC(C)N)NCC. The third-order valence-corrected chi connectivity index (χ3v) is 1.17. The molecule has 0 aromatic carbocycles. The molecule has 0 aromatic rings. The largest absolute Gasteiger partial charge is 0.327 e. The first-order chi connectivity index (χ1) is 5.20. The molecular weight excluding hydrogens is 140 g/mol. The topological polar surface area (TPSA) is 53.3 Å². The second-order valence-electron chi connectivity index (χ2n) is 2.61.